The Kier molecular flexibility index (Phi) is 6.84. The first-order valence-corrected chi connectivity index (χ1v) is 12.1. The van der Waals surface area contributed by atoms with Crippen molar-refractivity contribution in [3.63, 3.8) is 0 Å². The second-order valence-electron chi connectivity index (χ2n) is 9.95. The van der Waals surface area contributed by atoms with Gasteiger partial charge in [-0.1, -0.05) is 36.4 Å². The Labute approximate surface area is 217 Å². The van der Waals surface area contributed by atoms with Gasteiger partial charge in [0.15, 0.2) is 11.5 Å². The lowest BCUT2D eigenvalue weighted by atomic mass is 9.98. The number of nitrogens with one attached hydrogen (secondary N) is 1. The molecular formula is C27H27F3N4O4. The summed E-state index contributed by atoms with van der Waals surface area (Å²) < 4.78 is 51.7. The summed E-state index contributed by atoms with van der Waals surface area (Å²) in [4.78, 5) is 20.7. The average Bonchev–Trinajstić information content (AvgIpc) is 3.18. The van der Waals surface area contributed by atoms with Gasteiger partial charge in [0.2, 0.25) is 0 Å². The van der Waals surface area contributed by atoms with Crippen LogP contribution in [-0.2, 0) is 22.2 Å². The molecule has 0 unspecified atom stereocenters. The zero-order chi connectivity index (χ0) is 27.1. The van der Waals surface area contributed by atoms with Crippen molar-refractivity contribution in [3.05, 3.63) is 77.7 Å². The highest BCUT2D eigenvalue weighted by Gasteiger charge is 2.49. The topological polar surface area (TPSA) is 96.8 Å². The standard InChI is InChI=1S/C27H27F3N4O4/c1-26(2)37-21-15-34(13-16-3-5-17(6-4-16)18-7-9-19(10-8-18)25(35)36)14-20(24(21)38-26)32-23-12-31-11-22(33-23)27(28,29)30/h3-12,20-21,24H,13-15H2,1-2H3,(H,32,33)(H,35,36)/t20-,21-,24+/m0/s1. The van der Waals surface area contributed by atoms with Crippen LogP contribution in [-0.4, -0.2) is 63.1 Å². The van der Waals surface area contributed by atoms with Gasteiger partial charge < -0.3 is 19.9 Å². The molecule has 2 N–H and O–H groups in total. The van der Waals surface area contributed by atoms with E-state index in [1.165, 1.54) is 6.20 Å². The number of hydrogen-bond donors (Lipinski definition) is 2. The summed E-state index contributed by atoms with van der Waals surface area (Å²) in [6.45, 7) is 5.32. The summed E-state index contributed by atoms with van der Waals surface area (Å²) in [5, 5.41) is 12.2. The van der Waals surface area contributed by atoms with E-state index in [9.17, 15) is 18.0 Å². The molecule has 0 amide bonds. The Morgan fingerprint density at radius 3 is 2.34 bits per heavy atom. The van der Waals surface area contributed by atoms with E-state index in [1.54, 1.807) is 24.3 Å². The van der Waals surface area contributed by atoms with Crippen LogP contribution in [0.4, 0.5) is 19.0 Å². The number of piperidine rings is 1. The van der Waals surface area contributed by atoms with E-state index in [0.717, 1.165) is 16.7 Å². The minimum atomic E-state index is -4.59. The van der Waals surface area contributed by atoms with Gasteiger partial charge >= 0.3 is 12.1 Å². The van der Waals surface area contributed by atoms with Gasteiger partial charge in [-0.05, 0) is 42.7 Å². The number of benzene rings is 2. The van der Waals surface area contributed by atoms with Gasteiger partial charge in [-0.25, -0.2) is 9.78 Å². The van der Waals surface area contributed by atoms with E-state index in [1.807, 2.05) is 38.1 Å². The van der Waals surface area contributed by atoms with Crippen LogP contribution in [0.25, 0.3) is 11.1 Å². The molecule has 0 aliphatic carbocycles. The average molecular weight is 529 g/mol. The van der Waals surface area contributed by atoms with Crippen molar-refractivity contribution >= 4 is 11.8 Å². The molecule has 3 aromatic rings. The Balaban J connectivity index is 1.31. The van der Waals surface area contributed by atoms with Crippen LogP contribution < -0.4 is 5.32 Å². The molecule has 8 nitrogen and oxygen atoms in total. The van der Waals surface area contributed by atoms with Gasteiger partial charge in [0.25, 0.3) is 0 Å². The van der Waals surface area contributed by atoms with Crippen molar-refractivity contribution < 1.29 is 32.5 Å². The Bertz CT molecular complexity index is 1300. The number of carboxylic acids is 1. The van der Waals surface area contributed by atoms with Gasteiger partial charge in [-0.3, -0.25) is 9.88 Å². The first-order chi connectivity index (χ1) is 18.0. The molecule has 0 radical (unpaired) electrons. The molecule has 2 aliphatic rings. The van der Waals surface area contributed by atoms with Crippen LogP contribution in [0, 0.1) is 0 Å². The number of aromatic carboxylic acids is 1. The quantitative estimate of drug-likeness (QED) is 0.476. The number of hydrogen-bond acceptors (Lipinski definition) is 7. The van der Waals surface area contributed by atoms with Gasteiger partial charge in [0.05, 0.1) is 24.0 Å². The van der Waals surface area contributed by atoms with Gasteiger partial charge in [0.1, 0.15) is 18.0 Å². The number of ether oxygens (including phenoxy) is 2. The molecular weight excluding hydrogens is 501 g/mol. The third-order valence-electron chi connectivity index (χ3n) is 6.59. The normalized spacial score (nSPS) is 23.1. The number of likely N-dealkylation sites (tertiary alicyclic amines) is 1. The predicted octanol–water partition coefficient (Wildman–Crippen LogP) is 4.68. The molecule has 0 spiro atoms. The van der Waals surface area contributed by atoms with Crippen molar-refractivity contribution in [1.82, 2.24) is 14.9 Å². The van der Waals surface area contributed by atoms with E-state index in [0.29, 0.717) is 25.8 Å². The van der Waals surface area contributed by atoms with E-state index >= 15 is 0 Å². The molecule has 1 aromatic heterocycles. The Morgan fingerprint density at radius 1 is 1.05 bits per heavy atom. The van der Waals surface area contributed by atoms with Crippen molar-refractivity contribution in [2.24, 2.45) is 0 Å². The highest BCUT2D eigenvalue weighted by atomic mass is 19.4. The fourth-order valence-electron chi connectivity index (χ4n) is 4.94. The maximum atomic E-state index is 13.1. The van der Waals surface area contributed by atoms with Crippen LogP contribution in [0.15, 0.2) is 60.9 Å². The predicted molar refractivity (Wildman–Crippen MR) is 132 cm³/mol. The summed E-state index contributed by atoms with van der Waals surface area (Å²) in [6.07, 6.45) is -3.27. The van der Waals surface area contributed by atoms with E-state index in [2.05, 4.69) is 20.2 Å². The number of carbonyl (C=O) groups is 1. The summed E-state index contributed by atoms with van der Waals surface area (Å²) in [7, 11) is 0. The molecule has 0 bridgehead atoms. The largest absolute Gasteiger partial charge is 0.478 e. The molecule has 3 heterocycles. The summed E-state index contributed by atoms with van der Waals surface area (Å²) in [5.74, 6) is -1.76. The number of nitrogens with zero attached hydrogens (tertiary/aromatic N) is 3. The number of halogens is 3. The molecule has 0 saturated carbocycles. The number of rotatable bonds is 6. The highest BCUT2D eigenvalue weighted by molar-refractivity contribution is 5.88. The van der Waals surface area contributed by atoms with Crippen LogP contribution in [0.5, 0.6) is 0 Å². The van der Waals surface area contributed by atoms with Crippen molar-refractivity contribution in [2.45, 2.75) is 50.6 Å². The molecule has 5 rings (SSSR count). The maximum Gasteiger partial charge on any atom is 0.434 e. The number of fused-ring (bicyclic) bond motifs is 1. The molecule has 2 saturated heterocycles. The second-order valence-corrected chi connectivity index (χ2v) is 9.95. The number of carboxylic acid groups (broad SMARTS) is 1. The van der Waals surface area contributed by atoms with Crippen LogP contribution in [0.3, 0.4) is 0 Å². The fourth-order valence-corrected chi connectivity index (χ4v) is 4.94. The Hall–Kier alpha value is -3.54. The SMILES string of the molecule is CC1(C)O[C@@H]2[C@@H](Nc3cncc(C(F)(F)F)n3)CN(Cc3ccc(-c4ccc(C(=O)O)cc4)cc3)C[C@@H]2O1. The van der Waals surface area contributed by atoms with Gasteiger partial charge in [-0.2, -0.15) is 13.2 Å². The minimum Gasteiger partial charge on any atom is -0.478 e. The molecule has 2 aromatic carbocycles. The van der Waals surface area contributed by atoms with Crippen LogP contribution in [0.1, 0.15) is 35.5 Å². The molecule has 2 fully saturated rings. The van der Waals surface area contributed by atoms with E-state index < -0.39 is 23.6 Å². The smallest absolute Gasteiger partial charge is 0.434 e. The van der Waals surface area contributed by atoms with Gasteiger partial charge in [-0.15, -0.1) is 0 Å². The molecule has 2 aliphatic heterocycles. The third kappa shape index (κ3) is 5.79. The highest BCUT2D eigenvalue weighted by Crippen LogP contribution is 2.35. The lowest BCUT2D eigenvalue weighted by Crippen LogP contribution is -2.56. The molecule has 3 atom stereocenters. The third-order valence-corrected chi connectivity index (χ3v) is 6.59. The van der Waals surface area contributed by atoms with Crippen LogP contribution in [0.2, 0.25) is 0 Å². The zero-order valence-electron chi connectivity index (χ0n) is 20.8. The Morgan fingerprint density at radius 2 is 1.71 bits per heavy atom. The zero-order valence-corrected chi connectivity index (χ0v) is 20.8. The van der Waals surface area contributed by atoms with E-state index in [4.69, 9.17) is 14.6 Å². The number of alkyl halides is 3. The second kappa shape index (κ2) is 9.97. The monoisotopic (exact) mass is 528 g/mol. The first-order valence-electron chi connectivity index (χ1n) is 12.1. The maximum absolute atomic E-state index is 13.1. The van der Waals surface area contributed by atoms with Crippen molar-refractivity contribution in [2.75, 3.05) is 18.4 Å². The summed E-state index contributed by atoms with van der Waals surface area (Å²) >= 11 is 0. The van der Waals surface area contributed by atoms with Crippen molar-refractivity contribution in [3.8, 4) is 11.1 Å². The van der Waals surface area contributed by atoms with E-state index in [-0.39, 0.29) is 29.6 Å². The van der Waals surface area contributed by atoms with Gasteiger partial charge in [0, 0.05) is 19.6 Å². The fraction of sp³-hybridized carbons (Fsp3) is 0.370. The van der Waals surface area contributed by atoms with Crippen molar-refractivity contribution in [1.29, 1.82) is 0 Å². The minimum absolute atomic E-state index is 0.0250. The molecule has 38 heavy (non-hydrogen) atoms. The lowest BCUT2D eigenvalue weighted by Gasteiger charge is -2.39. The summed E-state index contributed by atoms with van der Waals surface area (Å²) in [6, 6.07) is 14.3. The first kappa shape index (κ1) is 26.1. The number of anilines is 1. The summed E-state index contributed by atoms with van der Waals surface area (Å²) in [5.41, 5.74) is 2.08. The molecule has 11 heteroatoms. The lowest BCUT2D eigenvalue weighted by molar-refractivity contribution is -0.145. The van der Waals surface area contributed by atoms with Crippen LogP contribution >= 0.6 is 0 Å². The molecule has 200 valence electrons. The number of aromatic nitrogens is 2.